The van der Waals surface area contributed by atoms with Gasteiger partial charge in [0, 0.05) is 30.3 Å². The zero-order chi connectivity index (χ0) is 14.2. The Bertz CT molecular complexity index is 584. The zero-order valence-electron chi connectivity index (χ0n) is 12.1. The molecule has 0 bridgehead atoms. The third-order valence-corrected chi connectivity index (χ3v) is 3.86. The minimum absolute atomic E-state index is 0.0472. The van der Waals surface area contributed by atoms with Crippen molar-refractivity contribution in [3.63, 3.8) is 0 Å². The Morgan fingerprint density at radius 3 is 2.60 bits per heavy atom. The third-order valence-electron chi connectivity index (χ3n) is 3.86. The lowest BCUT2D eigenvalue weighted by Crippen LogP contribution is -2.34. The molecule has 0 fully saturated rings. The standard InChI is InChI=1S/C17H20N2O/c1-17(2)11-14(10-15(20)12-17)19-9-8-18-16(19)13-6-4-3-5-7-13/h3-7,10H,8-9,11-12H2,1-2H3. The van der Waals surface area contributed by atoms with E-state index < -0.39 is 0 Å². The lowest BCUT2D eigenvalue weighted by atomic mass is 9.78. The zero-order valence-corrected chi connectivity index (χ0v) is 12.1. The highest BCUT2D eigenvalue weighted by Crippen LogP contribution is 2.36. The van der Waals surface area contributed by atoms with Crippen molar-refractivity contribution in [1.29, 1.82) is 0 Å². The van der Waals surface area contributed by atoms with E-state index in [0.717, 1.165) is 36.6 Å². The molecule has 0 saturated heterocycles. The highest BCUT2D eigenvalue weighted by molar-refractivity contribution is 6.02. The van der Waals surface area contributed by atoms with Crippen LogP contribution in [0.15, 0.2) is 47.1 Å². The summed E-state index contributed by atoms with van der Waals surface area (Å²) in [5.41, 5.74) is 2.29. The maximum atomic E-state index is 11.9. The molecular weight excluding hydrogens is 248 g/mol. The van der Waals surface area contributed by atoms with E-state index in [0.29, 0.717) is 6.42 Å². The van der Waals surface area contributed by atoms with Crippen molar-refractivity contribution < 1.29 is 4.79 Å². The average Bonchev–Trinajstić information content (AvgIpc) is 2.86. The lowest BCUT2D eigenvalue weighted by molar-refractivity contribution is -0.117. The molecule has 104 valence electrons. The first kappa shape index (κ1) is 13.1. The van der Waals surface area contributed by atoms with Crippen LogP contribution in [0.5, 0.6) is 0 Å². The smallest absolute Gasteiger partial charge is 0.157 e. The summed E-state index contributed by atoms with van der Waals surface area (Å²) >= 11 is 0. The molecule has 2 aliphatic rings. The number of aliphatic imine (C=N–C) groups is 1. The normalized spacial score (nSPS) is 21.7. The SMILES string of the molecule is CC1(C)CC(=O)C=C(N2CCN=C2c2ccccc2)C1. The van der Waals surface area contributed by atoms with Gasteiger partial charge in [-0.1, -0.05) is 44.2 Å². The summed E-state index contributed by atoms with van der Waals surface area (Å²) in [6.07, 6.45) is 3.39. The quantitative estimate of drug-likeness (QED) is 0.826. The molecule has 1 aromatic carbocycles. The fourth-order valence-electron chi connectivity index (χ4n) is 3.05. The van der Waals surface area contributed by atoms with Gasteiger partial charge in [0.25, 0.3) is 0 Å². The van der Waals surface area contributed by atoms with Crippen LogP contribution in [0.2, 0.25) is 0 Å². The van der Waals surface area contributed by atoms with Crippen molar-refractivity contribution in [3.05, 3.63) is 47.7 Å². The van der Waals surface area contributed by atoms with Gasteiger partial charge in [-0.05, 0) is 11.8 Å². The fourth-order valence-corrected chi connectivity index (χ4v) is 3.05. The number of hydrogen-bond acceptors (Lipinski definition) is 3. The molecule has 20 heavy (non-hydrogen) atoms. The van der Waals surface area contributed by atoms with E-state index in [9.17, 15) is 4.79 Å². The number of hydrogen-bond donors (Lipinski definition) is 0. The van der Waals surface area contributed by atoms with Gasteiger partial charge in [-0.3, -0.25) is 9.79 Å². The highest BCUT2D eigenvalue weighted by atomic mass is 16.1. The second-order valence-electron chi connectivity index (χ2n) is 6.34. The van der Waals surface area contributed by atoms with Crippen LogP contribution in [0, 0.1) is 5.41 Å². The summed E-state index contributed by atoms with van der Waals surface area (Å²) in [6.45, 7) is 6.00. The van der Waals surface area contributed by atoms with E-state index in [4.69, 9.17) is 0 Å². The molecule has 0 aromatic heterocycles. The second-order valence-corrected chi connectivity index (χ2v) is 6.34. The topological polar surface area (TPSA) is 32.7 Å². The predicted octanol–water partition coefficient (Wildman–Crippen LogP) is 3.02. The molecule has 0 N–H and O–H groups in total. The molecule has 1 aliphatic heterocycles. The van der Waals surface area contributed by atoms with Crippen molar-refractivity contribution >= 4 is 11.6 Å². The molecule has 1 aliphatic carbocycles. The van der Waals surface area contributed by atoms with Crippen LogP contribution in [0.4, 0.5) is 0 Å². The van der Waals surface area contributed by atoms with Crippen molar-refractivity contribution in [2.24, 2.45) is 10.4 Å². The van der Waals surface area contributed by atoms with Crippen molar-refractivity contribution in [2.75, 3.05) is 13.1 Å². The van der Waals surface area contributed by atoms with Crippen molar-refractivity contribution in [2.45, 2.75) is 26.7 Å². The first-order valence-corrected chi connectivity index (χ1v) is 7.16. The predicted molar refractivity (Wildman–Crippen MR) is 80.7 cm³/mol. The van der Waals surface area contributed by atoms with E-state index in [1.807, 2.05) is 24.3 Å². The summed E-state index contributed by atoms with van der Waals surface area (Å²) in [7, 11) is 0. The number of amidine groups is 1. The molecule has 3 heteroatoms. The number of ketones is 1. The summed E-state index contributed by atoms with van der Waals surface area (Å²) in [6, 6.07) is 10.2. The number of nitrogens with zero attached hydrogens (tertiary/aromatic N) is 2. The van der Waals surface area contributed by atoms with E-state index >= 15 is 0 Å². The molecule has 1 aromatic rings. The van der Waals surface area contributed by atoms with Crippen LogP contribution in [-0.4, -0.2) is 29.6 Å². The van der Waals surface area contributed by atoms with Crippen LogP contribution in [0.25, 0.3) is 0 Å². The largest absolute Gasteiger partial charge is 0.328 e. The first-order chi connectivity index (χ1) is 9.55. The van der Waals surface area contributed by atoms with Crippen LogP contribution in [-0.2, 0) is 4.79 Å². The van der Waals surface area contributed by atoms with Gasteiger partial charge in [0.1, 0.15) is 5.84 Å². The number of benzene rings is 1. The Morgan fingerprint density at radius 2 is 1.90 bits per heavy atom. The first-order valence-electron chi connectivity index (χ1n) is 7.16. The molecule has 1 heterocycles. The van der Waals surface area contributed by atoms with E-state index in [1.54, 1.807) is 0 Å². The second kappa shape index (κ2) is 4.89. The van der Waals surface area contributed by atoms with Gasteiger partial charge < -0.3 is 4.90 Å². The van der Waals surface area contributed by atoms with Crippen LogP contribution in [0.1, 0.15) is 32.3 Å². The number of rotatable bonds is 2. The Morgan fingerprint density at radius 1 is 1.15 bits per heavy atom. The molecule has 0 unspecified atom stereocenters. The molecule has 3 nitrogen and oxygen atoms in total. The van der Waals surface area contributed by atoms with Crippen molar-refractivity contribution in [1.82, 2.24) is 4.90 Å². The van der Waals surface area contributed by atoms with Gasteiger partial charge in [-0.15, -0.1) is 0 Å². The van der Waals surface area contributed by atoms with E-state index in [-0.39, 0.29) is 11.2 Å². The highest BCUT2D eigenvalue weighted by Gasteiger charge is 2.32. The van der Waals surface area contributed by atoms with Gasteiger partial charge in [0.05, 0.1) is 6.54 Å². The van der Waals surface area contributed by atoms with Crippen LogP contribution >= 0.6 is 0 Å². The molecule has 0 saturated carbocycles. The minimum atomic E-state index is 0.0472. The third kappa shape index (κ3) is 2.53. The fraction of sp³-hybridized carbons (Fsp3) is 0.412. The summed E-state index contributed by atoms with van der Waals surface area (Å²) in [4.78, 5) is 18.8. The Kier molecular flexibility index (Phi) is 3.20. The maximum Gasteiger partial charge on any atom is 0.157 e. The van der Waals surface area contributed by atoms with Crippen LogP contribution in [0.3, 0.4) is 0 Å². The van der Waals surface area contributed by atoms with Gasteiger partial charge in [-0.25, -0.2) is 0 Å². The average molecular weight is 268 g/mol. The Balaban J connectivity index is 1.91. The minimum Gasteiger partial charge on any atom is -0.328 e. The molecule has 0 radical (unpaired) electrons. The van der Waals surface area contributed by atoms with Crippen molar-refractivity contribution in [3.8, 4) is 0 Å². The summed E-state index contributed by atoms with van der Waals surface area (Å²) in [5, 5.41) is 0. The Labute approximate surface area is 120 Å². The summed E-state index contributed by atoms with van der Waals surface area (Å²) < 4.78 is 0. The number of carbonyl (C=O) groups excluding carboxylic acids is 1. The monoisotopic (exact) mass is 268 g/mol. The number of carbonyl (C=O) groups is 1. The number of allylic oxidation sites excluding steroid dienone is 2. The van der Waals surface area contributed by atoms with Gasteiger partial charge >= 0.3 is 0 Å². The lowest BCUT2D eigenvalue weighted by Gasteiger charge is -2.34. The molecule has 0 amide bonds. The van der Waals surface area contributed by atoms with Gasteiger partial charge in [0.2, 0.25) is 0 Å². The molecule has 0 spiro atoms. The van der Waals surface area contributed by atoms with E-state index in [2.05, 4.69) is 35.9 Å². The molecular formula is C17H20N2O. The van der Waals surface area contributed by atoms with Gasteiger partial charge in [-0.2, -0.15) is 0 Å². The summed E-state index contributed by atoms with van der Waals surface area (Å²) in [5.74, 6) is 1.23. The maximum absolute atomic E-state index is 11.9. The molecule has 0 atom stereocenters. The molecule has 3 rings (SSSR count). The van der Waals surface area contributed by atoms with Crippen LogP contribution < -0.4 is 0 Å². The van der Waals surface area contributed by atoms with Gasteiger partial charge in [0.15, 0.2) is 5.78 Å². The Hall–Kier alpha value is -1.90. The van der Waals surface area contributed by atoms with E-state index in [1.165, 1.54) is 0 Å².